The summed E-state index contributed by atoms with van der Waals surface area (Å²) in [6.45, 7) is 0.622. The van der Waals surface area contributed by atoms with E-state index in [9.17, 15) is 0 Å². The van der Waals surface area contributed by atoms with Gasteiger partial charge in [-0.05, 0) is 25.8 Å². The van der Waals surface area contributed by atoms with Crippen LogP contribution in [0.25, 0.3) is 0 Å². The third-order valence-electron chi connectivity index (χ3n) is 1.62. The van der Waals surface area contributed by atoms with E-state index in [1.165, 1.54) is 0 Å². The molecule has 0 aliphatic heterocycles. The molecule has 0 bridgehead atoms. The molecule has 0 unspecified atom stereocenters. The van der Waals surface area contributed by atoms with Crippen molar-refractivity contribution in [3.05, 3.63) is 0 Å². The molecule has 0 amide bonds. The summed E-state index contributed by atoms with van der Waals surface area (Å²) in [7, 11) is 0. The van der Waals surface area contributed by atoms with Gasteiger partial charge in [-0.1, -0.05) is 0 Å². The van der Waals surface area contributed by atoms with Crippen LogP contribution in [-0.4, -0.2) is 39.4 Å². The molecule has 6 nitrogen and oxygen atoms in total. The maximum Gasteiger partial charge on any atom is 0.414 e. The molecule has 1 aliphatic carbocycles. The number of rotatable bonds is 2. The molecule has 5 N–H and O–H groups in total. The summed E-state index contributed by atoms with van der Waals surface area (Å²) in [6.07, 6.45) is 2.71. The van der Waals surface area contributed by atoms with Gasteiger partial charge in [-0.3, -0.25) is 0 Å². The van der Waals surface area contributed by atoms with Gasteiger partial charge >= 0.3 is 11.9 Å². The van der Waals surface area contributed by atoms with E-state index in [0.717, 1.165) is 19.3 Å². The van der Waals surface area contributed by atoms with Gasteiger partial charge in [0.1, 0.15) is 0 Å². The van der Waals surface area contributed by atoms with Gasteiger partial charge in [0, 0.05) is 0 Å². The molecule has 1 rings (SSSR count). The van der Waals surface area contributed by atoms with Gasteiger partial charge in [-0.15, -0.1) is 0 Å². The van der Waals surface area contributed by atoms with Crippen LogP contribution >= 0.6 is 0 Å². The monoisotopic (exact) mass is 191 g/mol. The fourth-order valence-corrected chi connectivity index (χ4v) is 0.663. The average Bonchev–Trinajstić information content (AvgIpc) is 2.69. The average molecular weight is 191 g/mol. The Labute approximate surface area is 75.0 Å². The molecule has 0 spiro atoms. The molecular formula is C7H13NO5. The number of aliphatic carboxylic acids is 2. The second-order valence-electron chi connectivity index (χ2n) is 2.87. The predicted octanol–water partition coefficient (Wildman–Crippen LogP) is -0.984. The van der Waals surface area contributed by atoms with Gasteiger partial charge in [0.15, 0.2) is 0 Å². The highest BCUT2D eigenvalue weighted by Gasteiger charge is 2.38. The standard InChI is InChI=1S/C5H11NO.C2H2O4/c6-4-3-5(7)1-2-5;3-1(4)2(5)6/h7H,1-4,6H2;(H,3,4)(H,5,6). The van der Waals surface area contributed by atoms with Crippen LogP contribution in [0.1, 0.15) is 19.3 Å². The Morgan fingerprint density at radius 1 is 1.23 bits per heavy atom. The van der Waals surface area contributed by atoms with Gasteiger partial charge in [-0.2, -0.15) is 0 Å². The first-order chi connectivity index (χ1) is 5.91. The molecule has 0 atom stereocenters. The zero-order valence-corrected chi connectivity index (χ0v) is 7.06. The zero-order chi connectivity index (χ0) is 10.5. The van der Waals surface area contributed by atoms with Gasteiger partial charge in [0.05, 0.1) is 5.60 Å². The van der Waals surface area contributed by atoms with Crippen molar-refractivity contribution < 1.29 is 24.9 Å². The van der Waals surface area contributed by atoms with Crippen LogP contribution in [0, 0.1) is 0 Å². The summed E-state index contributed by atoms with van der Waals surface area (Å²) >= 11 is 0. The number of nitrogens with two attached hydrogens (primary N) is 1. The van der Waals surface area contributed by atoms with Gasteiger partial charge in [0.25, 0.3) is 0 Å². The number of carboxylic acids is 2. The molecule has 76 valence electrons. The van der Waals surface area contributed by atoms with E-state index >= 15 is 0 Å². The highest BCUT2D eigenvalue weighted by atomic mass is 16.4. The molecule has 0 aromatic heterocycles. The Balaban J connectivity index is 0.000000226. The van der Waals surface area contributed by atoms with Crippen LogP contribution in [0.2, 0.25) is 0 Å². The lowest BCUT2D eigenvalue weighted by atomic mass is 10.2. The molecule has 6 heteroatoms. The normalized spacial score (nSPS) is 16.8. The summed E-state index contributed by atoms with van der Waals surface area (Å²) in [4.78, 5) is 18.2. The van der Waals surface area contributed by atoms with E-state index in [1.807, 2.05) is 0 Å². The molecule has 0 radical (unpaired) electrons. The lowest BCUT2D eigenvalue weighted by molar-refractivity contribution is -0.159. The molecule has 0 heterocycles. The Morgan fingerprint density at radius 2 is 1.62 bits per heavy atom. The summed E-state index contributed by atoms with van der Waals surface area (Å²) in [5, 5.41) is 23.8. The summed E-state index contributed by atoms with van der Waals surface area (Å²) in [6, 6.07) is 0. The predicted molar refractivity (Wildman–Crippen MR) is 43.1 cm³/mol. The topological polar surface area (TPSA) is 121 Å². The fourth-order valence-electron chi connectivity index (χ4n) is 0.663. The maximum absolute atomic E-state index is 9.10. The van der Waals surface area contributed by atoms with Crippen LogP contribution in [0.4, 0.5) is 0 Å². The highest BCUT2D eigenvalue weighted by molar-refractivity contribution is 6.27. The molecule has 13 heavy (non-hydrogen) atoms. The van der Waals surface area contributed by atoms with Crippen molar-refractivity contribution >= 4 is 11.9 Å². The van der Waals surface area contributed by atoms with Crippen LogP contribution in [0.5, 0.6) is 0 Å². The van der Waals surface area contributed by atoms with Crippen molar-refractivity contribution in [2.45, 2.75) is 24.9 Å². The number of aliphatic hydroxyl groups is 1. The smallest absolute Gasteiger partial charge is 0.414 e. The molecule has 1 saturated carbocycles. The first-order valence-electron chi connectivity index (χ1n) is 3.80. The summed E-state index contributed by atoms with van der Waals surface area (Å²) < 4.78 is 0. The number of hydrogen-bond donors (Lipinski definition) is 4. The third-order valence-corrected chi connectivity index (χ3v) is 1.62. The number of carboxylic acid groups (broad SMARTS) is 2. The van der Waals surface area contributed by atoms with E-state index in [1.54, 1.807) is 0 Å². The van der Waals surface area contributed by atoms with Crippen molar-refractivity contribution in [3.8, 4) is 0 Å². The Hall–Kier alpha value is -1.14. The van der Waals surface area contributed by atoms with Crippen LogP contribution in [-0.2, 0) is 9.59 Å². The molecule has 1 fully saturated rings. The fraction of sp³-hybridized carbons (Fsp3) is 0.714. The molecule has 1 aliphatic rings. The minimum absolute atomic E-state index is 0.325. The van der Waals surface area contributed by atoms with Gasteiger partial charge < -0.3 is 21.1 Å². The largest absolute Gasteiger partial charge is 0.473 e. The quantitative estimate of drug-likeness (QED) is 0.416. The van der Waals surface area contributed by atoms with E-state index in [4.69, 9.17) is 30.6 Å². The Bertz CT molecular complexity index is 187. The van der Waals surface area contributed by atoms with Crippen molar-refractivity contribution in [1.29, 1.82) is 0 Å². The summed E-state index contributed by atoms with van der Waals surface area (Å²) in [5.74, 6) is -3.65. The number of carbonyl (C=O) groups is 2. The van der Waals surface area contributed by atoms with Crippen molar-refractivity contribution in [2.24, 2.45) is 5.73 Å². The lowest BCUT2D eigenvalue weighted by Crippen LogP contribution is -2.13. The van der Waals surface area contributed by atoms with Crippen molar-refractivity contribution in [2.75, 3.05) is 6.54 Å². The minimum atomic E-state index is -1.82. The Morgan fingerprint density at radius 3 is 1.69 bits per heavy atom. The maximum atomic E-state index is 9.10. The van der Waals surface area contributed by atoms with Crippen LogP contribution in [0.3, 0.4) is 0 Å². The van der Waals surface area contributed by atoms with E-state index in [0.29, 0.717) is 6.54 Å². The summed E-state index contributed by atoms with van der Waals surface area (Å²) in [5.41, 5.74) is 4.87. The highest BCUT2D eigenvalue weighted by Crippen LogP contribution is 2.37. The second-order valence-corrected chi connectivity index (χ2v) is 2.87. The van der Waals surface area contributed by atoms with Crippen molar-refractivity contribution in [1.82, 2.24) is 0 Å². The van der Waals surface area contributed by atoms with E-state index in [-0.39, 0.29) is 5.60 Å². The minimum Gasteiger partial charge on any atom is -0.473 e. The van der Waals surface area contributed by atoms with Gasteiger partial charge in [0.2, 0.25) is 0 Å². The molecule has 0 aromatic carbocycles. The zero-order valence-electron chi connectivity index (χ0n) is 7.06. The lowest BCUT2D eigenvalue weighted by Gasteiger charge is -2.00. The van der Waals surface area contributed by atoms with E-state index in [2.05, 4.69) is 0 Å². The SMILES string of the molecule is NCCC1(O)CC1.O=C(O)C(=O)O. The molecule has 0 aromatic rings. The first-order valence-corrected chi connectivity index (χ1v) is 3.80. The molecule has 0 saturated heterocycles. The first kappa shape index (κ1) is 11.9. The van der Waals surface area contributed by atoms with E-state index < -0.39 is 11.9 Å². The Kier molecular flexibility index (Phi) is 4.36. The third kappa shape index (κ3) is 6.06. The molecular weight excluding hydrogens is 178 g/mol. The van der Waals surface area contributed by atoms with Crippen LogP contribution < -0.4 is 5.73 Å². The van der Waals surface area contributed by atoms with Crippen molar-refractivity contribution in [3.63, 3.8) is 0 Å². The second kappa shape index (κ2) is 4.78. The van der Waals surface area contributed by atoms with Crippen LogP contribution in [0.15, 0.2) is 0 Å². The van der Waals surface area contributed by atoms with Gasteiger partial charge in [-0.25, -0.2) is 9.59 Å². The number of hydrogen-bond acceptors (Lipinski definition) is 4.